The third-order valence-corrected chi connectivity index (χ3v) is 7.01. The van der Waals surface area contributed by atoms with Crippen LogP contribution in [0.3, 0.4) is 0 Å². The summed E-state index contributed by atoms with van der Waals surface area (Å²) >= 11 is 0. The van der Waals surface area contributed by atoms with Crippen molar-refractivity contribution in [2.75, 3.05) is 18.0 Å². The molecule has 0 radical (unpaired) electrons. The number of carbonyl (C=O) groups is 1. The normalized spacial score (nSPS) is 23.2. The summed E-state index contributed by atoms with van der Waals surface area (Å²) in [4.78, 5) is 23.2. The maximum Gasteiger partial charge on any atom is 0.280 e. The number of aromatic nitrogens is 6. The first-order valence-corrected chi connectivity index (χ1v) is 11.2. The van der Waals surface area contributed by atoms with Crippen LogP contribution in [-0.4, -0.2) is 48.9 Å². The summed E-state index contributed by atoms with van der Waals surface area (Å²) in [5.41, 5.74) is 3.43. The molecule has 4 heterocycles. The number of rotatable bonds is 6. The molecule has 2 N–H and O–H groups in total. The number of alkyl halides is 2. The van der Waals surface area contributed by atoms with Gasteiger partial charge in [-0.3, -0.25) is 14.6 Å². The average molecular weight is 454 g/mol. The molecule has 1 saturated carbocycles. The van der Waals surface area contributed by atoms with Crippen LogP contribution in [0.4, 0.5) is 14.7 Å². The summed E-state index contributed by atoms with van der Waals surface area (Å²) in [6, 6.07) is -0.149. The van der Waals surface area contributed by atoms with Crippen molar-refractivity contribution in [1.29, 1.82) is 0 Å². The Hall–Kier alpha value is -3.37. The Labute approximate surface area is 188 Å². The van der Waals surface area contributed by atoms with Gasteiger partial charge in [0.25, 0.3) is 12.3 Å². The van der Waals surface area contributed by atoms with E-state index in [1.54, 1.807) is 6.20 Å². The van der Waals surface area contributed by atoms with Crippen molar-refractivity contribution in [2.45, 2.75) is 45.2 Å². The fraction of sp³-hybridized carbons (Fsp3) is 0.500. The summed E-state index contributed by atoms with van der Waals surface area (Å²) < 4.78 is 29.0. The van der Waals surface area contributed by atoms with E-state index in [-0.39, 0.29) is 24.2 Å². The van der Waals surface area contributed by atoms with Crippen LogP contribution in [0, 0.1) is 18.8 Å². The molecule has 0 aromatic carbocycles. The third kappa shape index (κ3) is 3.65. The summed E-state index contributed by atoms with van der Waals surface area (Å²) in [5, 5.41) is 14.5. The number of hydrogen-bond donors (Lipinski definition) is 2. The van der Waals surface area contributed by atoms with E-state index in [4.69, 9.17) is 0 Å². The third-order valence-electron chi connectivity index (χ3n) is 7.01. The topological polar surface area (TPSA) is 105 Å². The Kier molecular flexibility index (Phi) is 4.66. The molecule has 0 spiro atoms. The number of nitrogens with one attached hydrogen (secondary N) is 2. The van der Waals surface area contributed by atoms with Crippen LogP contribution in [0.5, 0.6) is 0 Å². The van der Waals surface area contributed by atoms with Crippen molar-refractivity contribution in [2.24, 2.45) is 11.8 Å². The SMILES string of the molecule is Cc1[nH]nc2c1CC[C@H]2NC(=O)c1cnn(Cc2cnc(N3CC4CC4C3)nc2C(F)F)c1. The van der Waals surface area contributed by atoms with E-state index in [1.807, 2.05) is 11.8 Å². The molecule has 0 bridgehead atoms. The van der Waals surface area contributed by atoms with Crippen LogP contribution < -0.4 is 10.2 Å². The molecule has 2 fully saturated rings. The molecular weight excluding hydrogens is 430 g/mol. The van der Waals surface area contributed by atoms with E-state index in [0.717, 1.165) is 42.9 Å². The molecular formula is C22H24F2N8O. The maximum absolute atomic E-state index is 13.8. The van der Waals surface area contributed by atoms with Gasteiger partial charge < -0.3 is 10.2 Å². The van der Waals surface area contributed by atoms with Crippen molar-refractivity contribution >= 4 is 11.9 Å². The van der Waals surface area contributed by atoms with E-state index in [2.05, 4.69) is 30.6 Å². The molecule has 3 aromatic rings. The highest BCUT2D eigenvalue weighted by Gasteiger charge is 2.46. The number of halogens is 2. The molecule has 3 aliphatic rings. The van der Waals surface area contributed by atoms with E-state index >= 15 is 0 Å². The van der Waals surface area contributed by atoms with Crippen molar-refractivity contribution in [3.63, 3.8) is 0 Å². The van der Waals surface area contributed by atoms with Crippen LogP contribution in [0.1, 0.15) is 63.9 Å². The predicted octanol–water partition coefficient (Wildman–Crippen LogP) is 2.56. The Morgan fingerprint density at radius 2 is 2.12 bits per heavy atom. The molecule has 11 heteroatoms. The molecule has 6 rings (SSSR count). The number of piperidine rings is 1. The quantitative estimate of drug-likeness (QED) is 0.593. The zero-order valence-corrected chi connectivity index (χ0v) is 18.1. The van der Waals surface area contributed by atoms with E-state index in [1.165, 1.54) is 23.5 Å². The smallest absolute Gasteiger partial charge is 0.280 e. The minimum atomic E-state index is -2.72. The fourth-order valence-corrected chi connectivity index (χ4v) is 5.06. The Morgan fingerprint density at radius 1 is 1.30 bits per heavy atom. The maximum atomic E-state index is 13.8. The molecule has 3 aromatic heterocycles. The van der Waals surface area contributed by atoms with Gasteiger partial charge in [0.15, 0.2) is 0 Å². The van der Waals surface area contributed by atoms with E-state index in [9.17, 15) is 13.6 Å². The zero-order valence-electron chi connectivity index (χ0n) is 18.1. The van der Waals surface area contributed by atoms with Crippen LogP contribution in [0.15, 0.2) is 18.6 Å². The Morgan fingerprint density at radius 3 is 2.91 bits per heavy atom. The van der Waals surface area contributed by atoms with Gasteiger partial charge in [0.1, 0.15) is 5.69 Å². The molecule has 33 heavy (non-hydrogen) atoms. The van der Waals surface area contributed by atoms with Crippen molar-refractivity contribution in [3.05, 3.63) is 52.4 Å². The van der Waals surface area contributed by atoms with Gasteiger partial charge in [-0.15, -0.1) is 0 Å². The van der Waals surface area contributed by atoms with Crippen molar-refractivity contribution < 1.29 is 13.6 Å². The van der Waals surface area contributed by atoms with Crippen molar-refractivity contribution in [1.82, 2.24) is 35.3 Å². The highest BCUT2D eigenvalue weighted by atomic mass is 19.3. The molecule has 1 aliphatic heterocycles. The first kappa shape index (κ1) is 20.3. The van der Waals surface area contributed by atoms with Crippen LogP contribution in [0.2, 0.25) is 0 Å². The number of nitrogens with zero attached hydrogens (tertiary/aromatic N) is 6. The predicted molar refractivity (Wildman–Crippen MR) is 114 cm³/mol. The molecule has 1 saturated heterocycles. The van der Waals surface area contributed by atoms with Gasteiger partial charge in [0.2, 0.25) is 5.95 Å². The van der Waals surface area contributed by atoms with Gasteiger partial charge in [0.05, 0.1) is 30.0 Å². The monoisotopic (exact) mass is 454 g/mol. The highest BCUT2D eigenvalue weighted by Crippen LogP contribution is 2.45. The molecule has 1 amide bonds. The second-order valence-corrected chi connectivity index (χ2v) is 9.25. The standard InChI is InChI=1S/C22H24F2N8O/c1-11-16-2-3-17(19(16)30-29-11)27-21(33)15-6-26-32(10-15)9-14-5-25-22(28-18(14)20(23)24)31-7-12-4-13(12)8-31/h5-6,10,12-13,17,20H,2-4,7-9H2,1H3,(H,27,33)(H,29,30)/t12?,13?,17-/m1/s1. The van der Waals surface area contributed by atoms with Gasteiger partial charge >= 0.3 is 0 Å². The number of amides is 1. The second-order valence-electron chi connectivity index (χ2n) is 9.25. The molecule has 3 atom stereocenters. The zero-order chi connectivity index (χ0) is 22.7. The lowest BCUT2D eigenvalue weighted by atomic mass is 10.2. The lowest BCUT2D eigenvalue weighted by molar-refractivity contribution is 0.0935. The number of H-pyrrole nitrogens is 1. The second kappa shape index (κ2) is 7.60. The summed E-state index contributed by atoms with van der Waals surface area (Å²) in [6.07, 6.45) is 4.61. The number of anilines is 1. The van der Waals surface area contributed by atoms with Crippen molar-refractivity contribution in [3.8, 4) is 0 Å². The van der Waals surface area contributed by atoms with Crippen LogP contribution >= 0.6 is 0 Å². The van der Waals surface area contributed by atoms with Gasteiger partial charge in [-0.05, 0) is 43.6 Å². The average Bonchev–Trinajstić information content (AvgIpc) is 3.27. The minimum Gasteiger partial charge on any atom is -0.343 e. The largest absolute Gasteiger partial charge is 0.343 e. The number of carbonyl (C=O) groups excluding carboxylic acids is 1. The van der Waals surface area contributed by atoms with Gasteiger partial charge in [-0.1, -0.05) is 0 Å². The van der Waals surface area contributed by atoms with E-state index < -0.39 is 6.43 Å². The summed E-state index contributed by atoms with van der Waals surface area (Å²) in [6.45, 7) is 3.71. The fourth-order valence-electron chi connectivity index (χ4n) is 5.06. The minimum absolute atomic E-state index is 0.0601. The molecule has 2 unspecified atom stereocenters. The van der Waals surface area contributed by atoms with Gasteiger partial charge in [-0.25, -0.2) is 18.7 Å². The number of fused-ring (bicyclic) bond motifs is 2. The summed E-state index contributed by atoms with van der Waals surface area (Å²) in [5.74, 6) is 1.41. The molecule has 9 nitrogen and oxygen atoms in total. The lowest BCUT2D eigenvalue weighted by Gasteiger charge is -2.19. The van der Waals surface area contributed by atoms with Crippen LogP contribution in [-0.2, 0) is 13.0 Å². The molecule has 172 valence electrons. The van der Waals surface area contributed by atoms with Gasteiger partial charge in [-0.2, -0.15) is 10.2 Å². The Balaban J connectivity index is 1.15. The first-order valence-electron chi connectivity index (χ1n) is 11.2. The number of hydrogen-bond acceptors (Lipinski definition) is 6. The van der Waals surface area contributed by atoms with Gasteiger partial charge in [0, 0.05) is 36.7 Å². The van der Waals surface area contributed by atoms with Crippen LogP contribution in [0.25, 0.3) is 0 Å². The lowest BCUT2D eigenvalue weighted by Crippen LogP contribution is -2.27. The molecule has 2 aliphatic carbocycles. The number of aromatic amines is 1. The highest BCUT2D eigenvalue weighted by molar-refractivity contribution is 5.94. The van der Waals surface area contributed by atoms with E-state index in [0.29, 0.717) is 28.9 Å². The first-order chi connectivity index (χ1) is 16.0. The summed E-state index contributed by atoms with van der Waals surface area (Å²) in [7, 11) is 0. The Bertz CT molecular complexity index is 1210. The number of aryl methyl sites for hydroxylation is 1.